The number of carbonyl (C=O) groups excluding carboxylic acids is 2. The third-order valence-corrected chi connectivity index (χ3v) is 3.15. The van der Waals surface area contributed by atoms with Crippen LogP contribution >= 0.6 is 0 Å². The molecular weight excluding hydrogens is 242 g/mol. The summed E-state index contributed by atoms with van der Waals surface area (Å²) in [4.78, 5) is 25.7. The molecule has 5 heteroatoms. The highest BCUT2D eigenvalue weighted by Crippen LogP contribution is 2.08. The van der Waals surface area contributed by atoms with Gasteiger partial charge in [-0.25, -0.2) is 9.80 Å². The average molecular weight is 261 g/mol. The van der Waals surface area contributed by atoms with Gasteiger partial charge in [0, 0.05) is 18.7 Å². The molecule has 0 saturated carbocycles. The molecule has 1 N–H and O–H groups in total. The summed E-state index contributed by atoms with van der Waals surface area (Å²) in [5, 5.41) is 1.39. The Hall–Kier alpha value is -2.04. The van der Waals surface area contributed by atoms with E-state index >= 15 is 0 Å². The molecule has 0 aliphatic carbocycles. The van der Waals surface area contributed by atoms with Crippen molar-refractivity contribution in [2.24, 2.45) is 0 Å². The second-order valence-electron chi connectivity index (χ2n) is 4.58. The van der Waals surface area contributed by atoms with Gasteiger partial charge in [0.05, 0.1) is 6.54 Å². The number of hydrogen-bond acceptors (Lipinski definition) is 2. The minimum Gasteiger partial charge on any atom is -0.321 e. The van der Waals surface area contributed by atoms with Crippen molar-refractivity contribution >= 4 is 11.9 Å². The largest absolute Gasteiger partial charge is 0.338 e. The number of rotatable bonds is 5. The molecule has 1 aliphatic rings. The average Bonchev–Trinajstić information content (AvgIpc) is 2.78. The first kappa shape index (κ1) is 13.4. The first-order chi connectivity index (χ1) is 9.22. The number of hydrogen-bond donors (Lipinski definition) is 1. The molecule has 1 aliphatic heterocycles. The Labute approximate surface area is 113 Å². The lowest BCUT2D eigenvalue weighted by Gasteiger charge is -2.19. The monoisotopic (exact) mass is 261 g/mol. The van der Waals surface area contributed by atoms with Gasteiger partial charge in [-0.1, -0.05) is 31.5 Å². The van der Waals surface area contributed by atoms with E-state index < -0.39 is 0 Å². The van der Waals surface area contributed by atoms with Crippen LogP contribution in [-0.4, -0.2) is 41.5 Å². The maximum Gasteiger partial charge on any atom is 0.338 e. The second kappa shape index (κ2) is 6.22. The van der Waals surface area contributed by atoms with Gasteiger partial charge in [-0.3, -0.25) is 10.2 Å². The van der Waals surface area contributed by atoms with Crippen LogP contribution in [0, 0.1) is 0 Å². The number of hydrazine groups is 1. The van der Waals surface area contributed by atoms with Crippen LogP contribution < -0.4 is 5.43 Å². The Morgan fingerprint density at radius 3 is 2.68 bits per heavy atom. The summed E-state index contributed by atoms with van der Waals surface area (Å²) in [6, 6.07) is 8.79. The minimum atomic E-state index is -0.244. The lowest BCUT2D eigenvalue weighted by Crippen LogP contribution is -2.45. The molecule has 0 unspecified atom stereocenters. The van der Waals surface area contributed by atoms with E-state index in [1.54, 1.807) is 29.2 Å². The summed E-state index contributed by atoms with van der Waals surface area (Å²) >= 11 is 0. The van der Waals surface area contributed by atoms with E-state index in [1.165, 1.54) is 5.01 Å². The summed E-state index contributed by atoms with van der Waals surface area (Å²) in [6.45, 7) is 4.07. The SMILES string of the molecule is CCCCN1CCN(NC(=O)c2ccccc2)C1=O. The molecule has 3 amide bonds. The van der Waals surface area contributed by atoms with Crippen LogP contribution in [0.4, 0.5) is 4.79 Å². The van der Waals surface area contributed by atoms with Gasteiger partial charge in [-0.2, -0.15) is 0 Å². The number of unbranched alkanes of at least 4 members (excludes halogenated alkanes) is 1. The van der Waals surface area contributed by atoms with E-state index in [0.29, 0.717) is 18.7 Å². The Bertz CT molecular complexity index is 447. The highest BCUT2D eigenvalue weighted by Gasteiger charge is 2.29. The third-order valence-electron chi connectivity index (χ3n) is 3.15. The van der Waals surface area contributed by atoms with Crippen molar-refractivity contribution in [1.82, 2.24) is 15.3 Å². The van der Waals surface area contributed by atoms with Crippen molar-refractivity contribution in [3.8, 4) is 0 Å². The Morgan fingerprint density at radius 2 is 2.00 bits per heavy atom. The number of amides is 3. The fourth-order valence-corrected chi connectivity index (χ4v) is 2.02. The number of nitrogens with zero attached hydrogens (tertiary/aromatic N) is 2. The number of nitrogens with one attached hydrogen (secondary N) is 1. The van der Waals surface area contributed by atoms with Crippen LogP contribution in [0.25, 0.3) is 0 Å². The van der Waals surface area contributed by atoms with Crippen molar-refractivity contribution in [2.75, 3.05) is 19.6 Å². The van der Waals surface area contributed by atoms with Gasteiger partial charge >= 0.3 is 6.03 Å². The molecule has 102 valence electrons. The summed E-state index contributed by atoms with van der Waals surface area (Å²) < 4.78 is 0. The van der Waals surface area contributed by atoms with E-state index in [-0.39, 0.29) is 11.9 Å². The van der Waals surface area contributed by atoms with Gasteiger partial charge in [-0.05, 0) is 18.6 Å². The summed E-state index contributed by atoms with van der Waals surface area (Å²) in [5.74, 6) is -0.244. The Morgan fingerprint density at radius 1 is 1.26 bits per heavy atom. The topological polar surface area (TPSA) is 52.6 Å². The van der Waals surface area contributed by atoms with Gasteiger partial charge < -0.3 is 4.90 Å². The first-order valence-electron chi connectivity index (χ1n) is 6.65. The van der Waals surface area contributed by atoms with E-state index in [1.807, 2.05) is 6.07 Å². The number of carbonyl (C=O) groups is 2. The molecule has 0 aromatic heterocycles. The van der Waals surface area contributed by atoms with Crippen molar-refractivity contribution < 1.29 is 9.59 Å². The molecule has 2 rings (SSSR count). The van der Waals surface area contributed by atoms with Crippen LogP contribution in [0.3, 0.4) is 0 Å². The Balaban J connectivity index is 1.90. The van der Waals surface area contributed by atoms with Gasteiger partial charge in [0.2, 0.25) is 0 Å². The van der Waals surface area contributed by atoms with E-state index in [4.69, 9.17) is 0 Å². The van der Waals surface area contributed by atoms with Gasteiger partial charge in [0.1, 0.15) is 0 Å². The van der Waals surface area contributed by atoms with Crippen LogP contribution in [0.15, 0.2) is 30.3 Å². The molecule has 19 heavy (non-hydrogen) atoms. The van der Waals surface area contributed by atoms with Crippen LogP contribution in [-0.2, 0) is 0 Å². The molecule has 1 heterocycles. The molecule has 1 fully saturated rings. The fraction of sp³-hybridized carbons (Fsp3) is 0.429. The van der Waals surface area contributed by atoms with Gasteiger partial charge in [-0.15, -0.1) is 0 Å². The normalized spacial score (nSPS) is 14.9. The molecule has 0 bridgehead atoms. The second-order valence-corrected chi connectivity index (χ2v) is 4.58. The summed E-state index contributed by atoms with van der Waals surface area (Å²) in [6.07, 6.45) is 2.05. The van der Waals surface area contributed by atoms with Gasteiger partial charge in [0.25, 0.3) is 5.91 Å². The van der Waals surface area contributed by atoms with Crippen LogP contribution in [0.2, 0.25) is 0 Å². The van der Waals surface area contributed by atoms with Crippen molar-refractivity contribution in [1.29, 1.82) is 0 Å². The predicted octanol–water partition coefficient (Wildman–Crippen LogP) is 1.87. The summed E-state index contributed by atoms with van der Waals surface area (Å²) in [7, 11) is 0. The smallest absolute Gasteiger partial charge is 0.321 e. The van der Waals surface area contributed by atoms with E-state index in [2.05, 4.69) is 12.3 Å². The van der Waals surface area contributed by atoms with E-state index in [0.717, 1.165) is 19.4 Å². The standard InChI is InChI=1S/C14H19N3O2/c1-2-3-9-16-10-11-17(14(16)19)15-13(18)12-7-5-4-6-8-12/h4-8H,2-3,9-11H2,1H3,(H,15,18). The fourth-order valence-electron chi connectivity index (χ4n) is 2.02. The number of benzene rings is 1. The highest BCUT2D eigenvalue weighted by atomic mass is 16.2. The van der Waals surface area contributed by atoms with Crippen LogP contribution in [0.1, 0.15) is 30.1 Å². The van der Waals surface area contributed by atoms with E-state index in [9.17, 15) is 9.59 Å². The quantitative estimate of drug-likeness (QED) is 0.879. The zero-order valence-corrected chi connectivity index (χ0v) is 11.1. The zero-order valence-electron chi connectivity index (χ0n) is 11.1. The molecule has 1 saturated heterocycles. The van der Waals surface area contributed by atoms with Gasteiger partial charge in [0.15, 0.2) is 0 Å². The maximum atomic E-state index is 12.0. The minimum absolute atomic E-state index is 0.113. The molecule has 5 nitrogen and oxygen atoms in total. The third kappa shape index (κ3) is 3.24. The summed E-state index contributed by atoms with van der Waals surface area (Å²) in [5.41, 5.74) is 3.21. The van der Waals surface area contributed by atoms with Crippen molar-refractivity contribution in [2.45, 2.75) is 19.8 Å². The van der Waals surface area contributed by atoms with Crippen molar-refractivity contribution in [3.63, 3.8) is 0 Å². The lowest BCUT2D eigenvalue weighted by molar-refractivity contribution is 0.0845. The first-order valence-corrected chi connectivity index (χ1v) is 6.65. The molecular formula is C14H19N3O2. The molecule has 1 aromatic carbocycles. The molecule has 0 radical (unpaired) electrons. The van der Waals surface area contributed by atoms with Crippen molar-refractivity contribution in [3.05, 3.63) is 35.9 Å². The predicted molar refractivity (Wildman–Crippen MR) is 72.5 cm³/mol. The Kier molecular flexibility index (Phi) is 4.39. The zero-order chi connectivity index (χ0) is 13.7. The lowest BCUT2D eigenvalue weighted by atomic mass is 10.2. The molecule has 1 aromatic rings. The maximum absolute atomic E-state index is 12.0. The molecule has 0 spiro atoms. The molecule has 0 atom stereocenters. The number of urea groups is 1. The highest BCUT2D eigenvalue weighted by molar-refractivity contribution is 5.95. The van der Waals surface area contributed by atoms with Crippen LogP contribution in [0.5, 0.6) is 0 Å².